The van der Waals surface area contributed by atoms with Gasteiger partial charge < -0.3 is 14.8 Å². The molecule has 3 atom stereocenters. The summed E-state index contributed by atoms with van der Waals surface area (Å²) in [4.78, 5) is 38.0. The van der Waals surface area contributed by atoms with Crippen molar-refractivity contribution >= 4 is 17.8 Å². The third-order valence-electron chi connectivity index (χ3n) is 4.53. The molecule has 1 saturated heterocycles. The molecule has 1 amide bonds. The lowest BCUT2D eigenvalue weighted by atomic mass is 10.1. The van der Waals surface area contributed by atoms with Crippen LogP contribution in [-0.2, 0) is 30.4 Å². The lowest BCUT2D eigenvalue weighted by molar-refractivity contribution is -0.148. The van der Waals surface area contributed by atoms with E-state index in [-0.39, 0.29) is 43.8 Å². The topological polar surface area (TPSA) is 84.7 Å². The fourth-order valence-corrected chi connectivity index (χ4v) is 2.88. The van der Waals surface area contributed by atoms with Gasteiger partial charge in [-0.25, -0.2) is 9.18 Å². The summed E-state index contributed by atoms with van der Waals surface area (Å²) in [6, 6.07) is 3.27. The van der Waals surface area contributed by atoms with Gasteiger partial charge in [-0.2, -0.15) is 0 Å². The number of carbonyl (C=O) groups is 3. The fourth-order valence-electron chi connectivity index (χ4n) is 2.88. The number of halogens is 1. The number of aryl methyl sites for hydroxylation is 1. The SMILES string of the molecule is CCOC(=O)CCC(NC(=O)C1CN1Cc1cc(F)ccc1C)C(=O)OCC. The molecular formula is C20H27FN2O5. The third kappa shape index (κ3) is 6.30. The predicted octanol–water partition coefficient (Wildman–Crippen LogP) is 1.71. The molecule has 0 spiro atoms. The maximum atomic E-state index is 13.4. The summed E-state index contributed by atoms with van der Waals surface area (Å²) >= 11 is 0. The van der Waals surface area contributed by atoms with Gasteiger partial charge in [0.2, 0.25) is 5.91 Å². The van der Waals surface area contributed by atoms with Crippen LogP contribution >= 0.6 is 0 Å². The third-order valence-corrected chi connectivity index (χ3v) is 4.53. The van der Waals surface area contributed by atoms with Crippen molar-refractivity contribution in [3.05, 3.63) is 35.1 Å². The zero-order valence-electron chi connectivity index (χ0n) is 16.5. The van der Waals surface area contributed by atoms with Crippen LogP contribution < -0.4 is 5.32 Å². The quantitative estimate of drug-likeness (QED) is 0.480. The maximum absolute atomic E-state index is 13.4. The molecule has 1 aromatic rings. The van der Waals surface area contributed by atoms with Gasteiger partial charge in [0, 0.05) is 19.5 Å². The van der Waals surface area contributed by atoms with E-state index in [0.29, 0.717) is 13.1 Å². The minimum atomic E-state index is -0.907. The Morgan fingerprint density at radius 3 is 2.64 bits per heavy atom. The standard InChI is InChI=1S/C20H27FN2O5/c1-4-27-18(24)9-8-16(20(26)28-5-2)22-19(25)17-12-23(17)11-14-10-15(21)7-6-13(14)3/h6-7,10,16-17H,4-5,8-9,11-12H2,1-3H3,(H,22,25). The van der Waals surface area contributed by atoms with Gasteiger partial charge in [0.1, 0.15) is 17.9 Å². The van der Waals surface area contributed by atoms with E-state index in [2.05, 4.69) is 5.32 Å². The van der Waals surface area contributed by atoms with Crippen LogP contribution in [0.2, 0.25) is 0 Å². The highest BCUT2D eigenvalue weighted by atomic mass is 19.1. The molecule has 1 aliphatic rings. The Bertz CT molecular complexity index is 725. The van der Waals surface area contributed by atoms with Crippen LogP contribution in [0.5, 0.6) is 0 Å². The van der Waals surface area contributed by atoms with Gasteiger partial charge in [0.15, 0.2) is 0 Å². The van der Waals surface area contributed by atoms with Gasteiger partial charge in [-0.05, 0) is 50.5 Å². The summed E-state index contributed by atoms with van der Waals surface area (Å²) in [5.74, 6) is -1.63. The Hall–Kier alpha value is -2.48. The molecule has 0 bridgehead atoms. The number of amides is 1. The Morgan fingerprint density at radius 2 is 1.96 bits per heavy atom. The molecule has 1 aliphatic heterocycles. The number of esters is 2. The van der Waals surface area contributed by atoms with E-state index in [9.17, 15) is 18.8 Å². The molecule has 28 heavy (non-hydrogen) atoms. The van der Waals surface area contributed by atoms with Crippen LogP contribution in [0, 0.1) is 12.7 Å². The Balaban J connectivity index is 1.91. The number of nitrogens with one attached hydrogen (secondary N) is 1. The van der Waals surface area contributed by atoms with Crippen LogP contribution in [-0.4, -0.2) is 54.6 Å². The lowest BCUT2D eigenvalue weighted by Crippen LogP contribution is -2.44. The van der Waals surface area contributed by atoms with Gasteiger partial charge in [-0.15, -0.1) is 0 Å². The van der Waals surface area contributed by atoms with Crippen molar-refractivity contribution < 1.29 is 28.2 Å². The minimum Gasteiger partial charge on any atom is -0.466 e. The van der Waals surface area contributed by atoms with Crippen LogP contribution in [0.4, 0.5) is 4.39 Å². The first-order valence-corrected chi connectivity index (χ1v) is 9.47. The van der Waals surface area contributed by atoms with Crippen molar-refractivity contribution in [2.45, 2.75) is 52.2 Å². The van der Waals surface area contributed by atoms with Gasteiger partial charge in [-0.3, -0.25) is 14.5 Å². The molecule has 1 N–H and O–H groups in total. The summed E-state index contributed by atoms with van der Waals surface area (Å²) in [6.07, 6.45) is 0.119. The second kappa shape index (κ2) is 10.2. The van der Waals surface area contributed by atoms with Gasteiger partial charge >= 0.3 is 11.9 Å². The van der Waals surface area contributed by atoms with Crippen LogP contribution in [0.3, 0.4) is 0 Å². The summed E-state index contributed by atoms with van der Waals surface area (Å²) in [7, 11) is 0. The largest absolute Gasteiger partial charge is 0.466 e. The van der Waals surface area contributed by atoms with E-state index in [1.807, 2.05) is 11.8 Å². The van der Waals surface area contributed by atoms with E-state index in [4.69, 9.17) is 9.47 Å². The smallest absolute Gasteiger partial charge is 0.328 e. The van der Waals surface area contributed by atoms with E-state index in [1.165, 1.54) is 12.1 Å². The monoisotopic (exact) mass is 394 g/mol. The number of ether oxygens (including phenoxy) is 2. The zero-order valence-corrected chi connectivity index (χ0v) is 16.5. The van der Waals surface area contributed by atoms with Crippen molar-refractivity contribution in [2.24, 2.45) is 0 Å². The summed E-state index contributed by atoms with van der Waals surface area (Å²) < 4.78 is 23.3. The summed E-state index contributed by atoms with van der Waals surface area (Å²) in [5, 5.41) is 2.67. The first kappa shape index (κ1) is 21.8. The van der Waals surface area contributed by atoms with E-state index >= 15 is 0 Å². The molecule has 1 fully saturated rings. The zero-order chi connectivity index (χ0) is 20.7. The average Bonchev–Trinajstić information content (AvgIpc) is 3.41. The highest BCUT2D eigenvalue weighted by molar-refractivity contribution is 5.89. The van der Waals surface area contributed by atoms with E-state index < -0.39 is 18.0 Å². The van der Waals surface area contributed by atoms with Crippen molar-refractivity contribution in [3.63, 3.8) is 0 Å². The highest BCUT2D eigenvalue weighted by Gasteiger charge is 2.41. The molecule has 0 saturated carbocycles. The Morgan fingerprint density at radius 1 is 1.25 bits per heavy atom. The molecule has 8 heteroatoms. The molecule has 0 aromatic heterocycles. The van der Waals surface area contributed by atoms with Gasteiger partial charge in [0.25, 0.3) is 0 Å². The number of rotatable bonds is 10. The van der Waals surface area contributed by atoms with Crippen molar-refractivity contribution in [3.8, 4) is 0 Å². The van der Waals surface area contributed by atoms with E-state index in [1.54, 1.807) is 19.9 Å². The van der Waals surface area contributed by atoms with Crippen LogP contribution in [0.25, 0.3) is 0 Å². The van der Waals surface area contributed by atoms with Gasteiger partial charge in [0.05, 0.1) is 13.2 Å². The van der Waals surface area contributed by atoms with Crippen LogP contribution in [0.1, 0.15) is 37.8 Å². The first-order valence-electron chi connectivity index (χ1n) is 9.47. The number of hydrogen-bond donors (Lipinski definition) is 1. The lowest BCUT2D eigenvalue weighted by Gasteiger charge is -2.17. The Labute approximate surface area is 164 Å². The molecule has 0 radical (unpaired) electrons. The van der Waals surface area contributed by atoms with Crippen molar-refractivity contribution in [1.82, 2.24) is 10.2 Å². The molecule has 154 valence electrons. The minimum absolute atomic E-state index is 0.00840. The molecule has 2 rings (SSSR count). The van der Waals surface area contributed by atoms with E-state index in [0.717, 1.165) is 11.1 Å². The molecule has 1 heterocycles. The first-order chi connectivity index (χ1) is 13.3. The second-order valence-corrected chi connectivity index (χ2v) is 6.67. The van der Waals surface area contributed by atoms with Crippen molar-refractivity contribution in [1.29, 1.82) is 0 Å². The van der Waals surface area contributed by atoms with Crippen molar-refractivity contribution in [2.75, 3.05) is 19.8 Å². The summed E-state index contributed by atoms with van der Waals surface area (Å²) in [5.41, 5.74) is 1.77. The molecule has 1 aromatic carbocycles. The molecule has 7 nitrogen and oxygen atoms in total. The highest BCUT2D eigenvalue weighted by Crippen LogP contribution is 2.23. The van der Waals surface area contributed by atoms with Gasteiger partial charge in [-0.1, -0.05) is 6.07 Å². The van der Waals surface area contributed by atoms with Crippen LogP contribution in [0.15, 0.2) is 18.2 Å². The molecule has 0 aliphatic carbocycles. The number of benzene rings is 1. The summed E-state index contributed by atoms with van der Waals surface area (Å²) in [6.45, 7) is 6.67. The second-order valence-electron chi connectivity index (χ2n) is 6.67. The average molecular weight is 394 g/mol. The Kier molecular flexibility index (Phi) is 7.92. The number of hydrogen-bond acceptors (Lipinski definition) is 6. The fraction of sp³-hybridized carbons (Fsp3) is 0.550. The number of carbonyl (C=O) groups excluding carboxylic acids is 3. The maximum Gasteiger partial charge on any atom is 0.328 e. The number of nitrogens with zero attached hydrogens (tertiary/aromatic N) is 1. The normalized spacial score (nSPS) is 18.9. The predicted molar refractivity (Wildman–Crippen MR) is 99.8 cm³/mol. The molecular weight excluding hydrogens is 367 g/mol. The molecule has 3 unspecified atom stereocenters.